The number of nitrogens with two attached hydrogens (primary N) is 1. The molecule has 0 aliphatic carbocycles. The minimum absolute atomic E-state index is 0.0442. The Balaban J connectivity index is 4.37. The predicted molar refractivity (Wildman–Crippen MR) is 66.1 cm³/mol. The zero-order valence-corrected chi connectivity index (χ0v) is 10.6. The lowest BCUT2D eigenvalue weighted by atomic mass is 10.4. The topological polar surface area (TPSA) is 105 Å². The van der Waals surface area contributed by atoms with E-state index in [1.54, 1.807) is 6.92 Å². The van der Waals surface area contributed by atoms with Crippen LogP contribution in [0.15, 0.2) is 0 Å². The van der Waals surface area contributed by atoms with Crippen molar-refractivity contribution in [1.29, 1.82) is 0 Å². The number of rotatable bonds is 5. The quantitative estimate of drug-likeness (QED) is 0.391. The second-order valence-electron chi connectivity index (χ2n) is 3.14. The molecule has 0 aliphatic heterocycles. The molecule has 0 aromatic heterocycles. The Morgan fingerprint density at radius 1 is 1.35 bits per heavy atom. The van der Waals surface area contributed by atoms with Gasteiger partial charge in [0, 0.05) is 13.6 Å². The number of hydrogen-bond donors (Lipinski definition) is 3. The SMILES string of the molecule is CCN(CC(=O)NC)C(=O)C(=O)NCC(N)=S. The van der Waals surface area contributed by atoms with Gasteiger partial charge < -0.3 is 21.3 Å². The highest BCUT2D eigenvalue weighted by Crippen LogP contribution is 1.90. The van der Waals surface area contributed by atoms with Crippen LogP contribution in [0.2, 0.25) is 0 Å². The fourth-order valence-corrected chi connectivity index (χ4v) is 1.04. The lowest BCUT2D eigenvalue weighted by Crippen LogP contribution is -2.47. The second-order valence-corrected chi connectivity index (χ2v) is 3.67. The summed E-state index contributed by atoms with van der Waals surface area (Å²) in [6, 6.07) is 0. The van der Waals surface area contributed by atoms with Crippen LogP contribution in [0.25, 0.3) is 0 Å². The van der Waals surface area contributed by atoms with Gasteiger partial charge in [-0.1, -0.05) is 12.2 Å². The van der Waals surface area contributed by atoms with E-state index < -0.39 is 11.8 Å². The van der Waals surface area contributed by atoms with Gasteiger partial charge in [-0.2, -0.15) is 0 Å². The number of carbonyl (C=O) groups is 3. The maximum atomic E-state index is 11.6. The van der Waals surface area contributed by atoms with Crippen LogP contribution >= 0.6 is 12.2 Å². The van der Waals surface area contributed by atoms with Gasteiger partial charge >= 0.3 is 11.8 Å². The Morgan fingerprint density at radius 3 is 2.35 bits per heavy atom. The van der Waals surface area contributed by atoms with Crippen molar-refractivity contribution in [3.8, 4) is 0 Å². The van der Waals surface area contributed by atoms with Crippen LogP contribution < -0.4 is 16.4 Å². The molecule has 4 N–H and O–H groups in total. The maximum absolute atomic E-state index is 11.6. The van der Waals surface area contributed by atoms with Gasteiger partial charge in [0.1, 0.15) is 0 Å². The summed E-state index contributed by atoms with van der Waals surface area (Å²) >= 11 is 4.56. The zero-order valence-electron chi connectivity index (χ0n) is 9.78. The van der Waals surface area contributed by atoms with E-state index in [9.17, 15) is 14.4 Å². The summed E-state index contributed by atoms with van der Waals surface area (Å²) in [5.74, 6) is -1.96. The van der Waals surface area contributed by atoms with E-state index >= 15 is 0 Å². The predicted octanol–water partition coefficient (Wildman–Crippen LogP) is -2.02. The first kappa shape index (κ1) is 15.3. The molecule has 0 saturated heterocycles. The molecule has 0 aliphatic rings. The second kappa shape index (κ2) is 7.55. The fraction of sp³-hybridized carbons (Fsp3) is 0.556. The molecule has 96 valence electrons. The van der Waals surface area contributed by atoms with Gasteiger partial charge in [-0.25, -0.2) is 0 Å². The van der Waals surface area contributed by atoms with E-state index in [0.29, 0.717) is 0 Å². The number of amides is 3. The lowest BCUT2D eigenvalue weighted by Gasteiger charge is -2.18. The Kier molecular flexibility index (Phi) is 6.80. The van der Waals surface area contributed by atoms with Crippen LogP contribution in [0.4, 0.5) is 0 Å². The molecule has 0 saturated carbocycles. The molecule has 0 unspecified atom stereocenters. The summed E-state index contributed by atoms with van der Waals surface area (Å²) in [5.41, 5.74) is 5.18. The molecule has 0 fully saturated rings. The molecule has 0 radical (unpaired) electrons. The van der Waals surface area contributed by atoms with Gasteiger partial charge in [0.25, 0.3) is 0 Å². The zero-order chi connectivity index (χ0) is 13.4. The maximum Gasteiger partial charge on any atom is 0.312 e. The van der Waals surface area contributed by atoms with Crippen LogP contribution in [-0.2, 0) is 14.4 Å². The van der Waals surface area contributed by atoms with Crippen molar-refractivity contribution in [2.45, 2.75) is 6.92 Å². The molecule has 0 aromatic carbocycles. The monoisotopic (exact) mass is 260 g/mol. The summed E-state index contributed by atoms with van der Waals surface area (Å²) < 4.78 is 0. The van der Waals surface area contributed by atoms with Crippen LogP contribution in [-0.4, -0.2) is 54.3 Å². The van der Waals surface area contributed by atoms with Crippen molar-refractivity contribution >= 4 is 34.9 Å². The normalized spacial score (nSPS) is 9.29. The minimum Gasteiger partial charge on any atom is -0.392 e. The molecule has 7 nitrogen and oxygen atoms in total. The van der Waals surface area contributed by atoms with Gasteiger partial charge in [-0.15, -0.1) is 0 Å². The van der Waals surface area contributed by atoms with Gasteiger partial charge in [-0.05, 0) is 6.92 Å². The van der Waals surface area contributed by atoms with Crippen molar-refractivity contribution in [2.24, 2.45) is 5.73 Å². The molecule has 0 bridgehead atoms. The van der Waals surface area contributed by atoms with Crippen molar-refractivity contribution in [1.82, 2.24) is 15.5 Å². The molecular weight excluding hydrogens is 244 g/mol. The Bertz CT molecular complexity index is 332. The van der Waals surface area contributed by atoms with Crippen molar-refractivity contribution < 1.29 is 14.4 Å². The lowest BCUT2D eigenvalue weighted by molar-refractivity contribution is -0.146. The van der Waals surface area contributed by atoms with E-state index in [1.165, 1.54) is 7.05 Å². The van der Waals surface area contributed by atoms with Crippen LogP contribution in [0, 0.1) is 0 Å². The first-order chi connectivity index (χ1) is 7.92. The number of hydrogen-bond acceptors (Lipinski definition) is 4. The summed E-state index contributed by atoms with van der Waals surface area (Å²) in [6.45, 7) is 1.72. The molecule has 17 heavy (non-hydrogen) atoms. The molecule has 0 heterocycles. The molecule has 8 heteroatoms. The Labute approximate surface area is 105 Å². The Hall–Kier alpha value is -1.70. The van der Waals surface area contributed by atoms with Crippen LogP contribution in [0.3, 0.4) is 0 Å². The summed E-state index contributed by atoms with van der Waals surface area (Å²) in [6.07, 6.45) is 0. The largest absolute Gasteiger partial charge is 0.392 e. The van der Waals surface area contributed by atoms with Crippen molar-refractivity contribution in [2.75, 3.05) is 26.7 Å². The van der Waals surface area contributed by atoms with E-state index in [1.807, 2.05) is 0 Å². The Morgan fingerprint density at radius 2 is 1.94 bits per heavy atom. The van der Waals surface area contributed by atoms with Crippen LogP contribution in [0.1, 0.15) is 6.92 Å². The highest BCUT2D eigenvalue weighted by atomic mass is 32.1. The van der Waals surface area contributed by atoms with Crippen LogP contribution in [0.5, 0.6) is 0 Å². The van der Waals surface area contributed by atoms with E-state index in [2.05, 4.69) is 22.9 Å². The van der Waals surface area contributed by atoms with E-state index in [0.717, 1.165) is 4.90 Å². The van der Waals surface area contributed by atoms with E-state index in [-0.39, 0.29) is 30.5 Å². The fourth-order valence-electron chi connectivity index (χ4n) is 0.966. The van der Waals surface area contributed by atoms with Gasteiger partial charge in [0.2, 0.25) is 5.91 Å². The molecule has 0 spiro atoms. The summed E-state index contributed by atoms with van der Waals surface area (Å²) in [4.78, 5) is 35.3. The standard InChI is InChI=1S/C9H16N4O3S/c1-3-13(5-7(14)11-2)9(16)8(15)12-4-6(10)17/h3-5H2,1-2H3,(H2,10,17)(H,11,14)(H,12,15). The third-order valence-corrected chi connectivity index (χ3v) is 2.04. The molecule has 3 amide bonds. The molecule has 0 atom stereocenters. The highest BCUT2D eigenvalue weighted by molar-refractivity contribution is 7.80. The van der Waals surface area contributed by atoms with Gasteiger partial charge in [-0.3, -0.25) is 14.4 Å². The molecule has 0 rings (SSSR count). The molecule has 0 aromatic rings. The van der Waals surface area contributed by atoms with E-state index in [4.69, 9.17) is 5.73 Å². The minimum atomic E-state index is -0.830. The molecular formula is C9H16N4O3S. The summed E-state index contributed by atoms with van der Waals surface area (Å²) in [5, 5.41) is 4.63. The highest BCUT2D eigenvalue weighted by Gasteiger charge is 2.21. The third-order valence-electron chi connectivity index (χ3n) is 1.90. The average Bonchev–Trinajstić information content (AvgIpc) is 2.31. The number of nitrogens with zero attached hydrogens (tertiary/aromatic N) is 1. The first-order valence-electron chi connectivity index (χ1n) is 4.98. The number of thiocarbonyl (C=S) groups is 1. The smallest absolute Gasteiger partial charge is 0.312 e. The van der Waals surface area contributed by atoms with Crippen molar-refractivity contribution in [3.05, 3.63) is 0 Å². The summed E-state index contributed by atoms with van der Waals surface area (Å²) in [7, 11) is 1.45. The van der Waals surface area contributed by atoms with Gasteiger partial charge in [0.05, 0.1) is 18.1 Å². The number of nitrogens with one attached hydrogen (secondary N) is 2. The van der Waals surface area contributed by atoms with Crippen molar-refractivity contribution in [3.63, 3.8) is 0 Å². The average molecular weight is 260 g/mol. The number of likely N-dealkylation sites (N-methyl/N-ethyl adjacent to an activating group) is 2. The van der Waals surface area contributed by atoms with Gasteiger partial charge in [0.15, 0.2) is 0 Å². The third kappa shape index (κ3) is 5.81. The first-order valence-corrected chi connectivity index (χ1v) is 5.39. The number of carbonyl (C=O) groups excluding carboxylic acids is 3.